The van der Waals surface area contributed by atoms with Crippen molar-refractivity contribution in [1.29, 1.82) is 0 Å². The van der Waals surface area contributed by atoms with Crippen LogP contribution in [0, 0.1) is 0 Å². The van der Waals surface area contributed by atoms with E-state index in [0.717, 1.165) is 11.3 Å². The van der Waals surface area contributed by atoms with Gasteiger partial charge in [0, 0.05) is 20.1 Å². The van der Waals surface area contributed by atoms with Gasteiger partial charge in [0.05, 0.1) is 19.2 Å². The number of ether oxygens (including phenoxy) is 2. The number of benzene rings is 1. The maximum absolute atomic E-state index is 12.2. The predicted molar refractivity (Wildman–Crippen MR) is 98.5 cm³/mol. The number of hydrogen-bond acceptors (Lipinski definition) is 6. The van der Waals surface area contributed by atoms with Crippen LogP contribution in [0.1, 0.15) is 32.4 Å². The van der Waals surface area contributed by atoms with Crippen LogP contribution in [0.2, 0.25) is 0 Å². The zero-order chi connectivity index (χ0) is 19.5. The molecule has 0 radical (unpaired) electrons. The molecule has 1 atom stereocenters. The first-order valence-electron chi connectivity index (χ1n) is 8.47. The summed E-state index contributed by atoms with van der Waals surface area (Å²) in [4.78, 5) is 15.8. The number of likely N-dealkylation sites (tertiary alicyclic amines) is 1. The van der Waals surface area contributed by atoms with E-state index in [1.54, 1.807) is 19.1 Å². The molecule has 1 amide bonds. The number of amidine groups is 1. The number of rotatable bonds is 5. The molecule has 1 aliphatic heterocycles. The number of likely N-dealkylation sites (N-methyl/N-ethyl adjacent to an activating group) is 1. The Morgan fingerprint density at radius 1 is 1.35 bits per heavy atom. The summed E-state index contributed by atoms with van der Waals surface area (Å²) in [6.07, 6.45) is -0.355. The van der Waals surface area contributed by atoms with Crippen LogP contribution in [-0.2, 0) is 4.74 Å². The smallest absolute Gasteiger partial charge is 0.410 e. The molecule has 2 rings (SSSR count). The Kier molecular flexibility index (Phi) is 5.97. The average Bonchev–Trinajstić information content (AvgIpc) is 2.55. The summed E-state index contributed by atoms with van der Waals surface area (Å²) < 4.78 is 10.6. The molecule has 1 fully saturated rings. The molecule has 0 bridgehead atoms. The van der Waals surface area contributed by atoms with Crippen LogP contribution in [0.5, 0.6) is 5.75 Å². The number of nitrogens with two attached hydrogens (primary N) is 1. The van der Waals surface area contributed by atoms with Crippen molar-refractivity contribution in [1.82, 2.24) is 9.80 Å². The quantitative estimate of drug-likeness (QED) is 0.359. The second-order valence-corrected chi connectivity index (χ2v) is 7.40. The zero-order valence-corrected chi connectivity index (χ0v) is 16.0. The van der Waals surface area contributed by atoms with Crippen LogP contribution in [0.4, 0.5) is 4.79 Å². The second kappa shape index (κ2) is 7.82. The highest BCUT2D eigenvalue weighted by Crippen LogP contribution is 2.29. The third-order valence-electron chi connectivity index (χ3n) is 4.31. The maximum Gasteiger partial charge on any atom is 0.410 e. The Hall–Kier alpha value is -2.48. The fraction of sp³-hybridized carbons (Fsp3) is 0.556. The second-order valence-electron chi connectivity index (χ2n) is 7.40. The van der Waals surface area contributed by atoms with Crippen molar-refractivity contribution in [3.05, 3.63) is 29.8 Å². The molecule has 144 valence electrons. The molecule has 8 heteroatoms. The largest absolute Gasteiger partial charge is 0.497 e. The van der Waals surface area contributed by atoms with Gasteiger partial charge < -0.3 is 25.3 Å². The molecule has 0 aromatic heterocycles. The molecule has 26 heavy (non-hydrogen) atoms. The first-order chi connectivity index (χ1) is 12.2. The summed E-state index contributed by atoms with van der Waals surface area (Å²) in [6.45, 7) is 6.71. The highest BCUT2D eigenvalue weighted by Gasteiger charge is 2.39. The van der Waals surface area contributed by atoms with Crippen LogP contribution < -0.4 is 10.5 Å². The van der Waals surface area contributed by atoms with Gasteiger partial charge in [-0.1, -0.05) is 17.3 Å². The van der Waals surface area contributed by atoms with Gasteiger partial charge in [0.2, 0.25) is 0 Å². The lowest BCUT2D eigenvalue weighted by molar-refractivity contribution is -0.00894. The molecule has 1 saturated heterocycles. The minimum Gasteiger partial charge on any atom is -0.497 e. The molecule has 0 saturated carbocycles. The molecule has 0 spiro atoms. The van der Waals surface area contributed by atoms with Crippen LogP contribution in [0.15, 0.2) is 29.4 Å². The summed E-state index contributed by atoms with van der Waals surface area (Å²) in [5.74, 6) is 0.840. The van der Waals surface area contributed by atoms with Crippen molar-refractivity contribution in [2.75, 3.05) is 27.2 Å². The first kappa shape index (κ1) is 19.8. The van der Waals surface area contributed by atoms with Gasteiger partial charge in [-0.15, -0.1) is 0 Å². The summed E-state index contributed by atoms with van der Waals surface area (Å²) in [5.41, 5.74) is 6.27. The Bertz CT molecular complexity index is 648. The summed E-state index contributed by atoms with van der Waals surface area (Å²) in [6, 6.07) is 7.07. The summed E-state index contributed by atoms with van der Waals surface area (Å²) >= 11 is 0. The maximum atomic E-state index is 12.2. The Morgan fingerprint density at radius 2 is 1.92 bits per heavy atom. The van der Waals surface area contributed by atoms with Gasteiger partial charge in [0.15, 0.2) is 5.84 Å². The third-order valence-corrected chi connectivity index (χ3v) is 4.31. The fourth-order valence-electron chi connectivity index (χ4n) is 2.84. The molecule has 1 unspecified atom stereocenters. The average molecular weight is 364 g/mol. The van der Waals surface area contributed by atoms with Gasteiger partial charge in [0.25, 0.3) is 0 Å². The van der Waals surface area contributed by atoms with E-state index in [1.807, 2.05) is 49.9 Å². The van der Waals surface area contributed by atoms with Gasteiger partial charge in [-0.2, -0.15) is 0 Å². The normalized spacial score (nSPS) is 17.3. The molecular weight excluding hydrogens is 336 g/mol. The van der Waals surface area contributed by atoms with Gasteiger partial charge in [0.1, 0.15) is 11.4 Å². The molecular formula is C18H28N4O4. The van der Waals surface area contributed by atoms with Crippen LogP contribution in [0.3, 0.4) is 0 Å². The van der Waals surface area contributed by atoms with Crippen molar-refractivity contribution in [3.63, 3.8) is 0 Å². The van der Waals surface area contributed by atoms with Crippen LogP contribution in [0.25, 0.3) is 0 Å². The van der Waals surface area contributed by atoms with Crippen molar-refractivity contribution in [2.45, 2.75) is 38.5 Å². The zero-order valence-electron chi connectivity index (χ0n) is 16.0. The van der Waals surface area contributed by atoms with Crippen molar-refractivity contribution < 1.29 is 19.5 Å². The topological polar surface area (TPSA) is 101 Å². The van der Waals surface area contributed by atoms with E-state index < -0.39 is 5.60 Å². The Labute approximate surface area is 154 Å². The molecule has 3 N–H and O–H groups in total. The van der Waals surface area contributed by atoms with Crippen molar-refractivity contribution >= 4 is 11.9 Å². The summed E-state index contributed by atoms with van der Waals surface area (Å²) in [7, 11) is 3.32. The lowest BCUT2D eigenvalue weighted by Crippen LogP contribution is -2.62. The number of hydrogen-bond donors (Lipinski definition) is 2. The minimum absolute atomic E-state index is 0.0112. The first-order valence-corrected chi connectivity index (χ1v) is 8.47. The molecule has 1 aromatic carbocycles. The molecule has 1 heterocycles. The van der Waals surface area contributed by atoms with Crippen LogP contribution in [-0.4, -0.2) is 65.8 Å². The lowest BCUT2D eigenvalue weighted by Gasteiger charge is -2.47. The number of amides is 1. The molecule has 8 nitrogen and oxygen atoms in total. The number of oxime groups is 1. The number of carbonyl (C=O) groups excluding carboxylic acids is 1. The Balaban J connectivity index is 2.05. The summed E-state index contributed by atoms with van der Waals surface area (Å²) in [5, 5.41) is 12.3. The van der Waals surface area contributed by atoms with E-state index in [2.05, 4.69) is 5.16 Å². The third kappa shape index (κ3) is 4.57. The van der Waals surface area contributed by atoms with Crippen molar-refractivity contribution in [2.24, 2.45) is 10.9 Å². The van der Waals surface area contributed by atoms with Gasteiger partial charge in [-0.05, 0) is 38.5 Å². The van der Waals surface area contributed by atoms with E-state index in [-0.39, 0.29) is 24.0 Å². The number of nitrogens with zero attached hydrogens (tertiary/aromatic N) is 3. The molecule has 0 aliphatic carbocycles. The SMILES string of the molecule is COc1ccc(C(/C(N)=N/O)N2CC(N(C)C(=O)OC(C)(C)C)C2)cc1. The number of methoxy groups -OCH3 is 1. The van der Waals surface area contributed by atoms with E-state index >= 15 is 0 Å². The van der Waals surface area contributed by atoms with Crippen molar-refractivity contribution in [3.8, 4) is 5.75 Å². The van der Waals surface area contributed by atoms with E-state index in [9.17, 15) is 4.79 Å². The molecule has 1 aliphatic rings. The number of carbonyl (C=O) groups is 1. The highest BCUT2D eigenvalue weighted by molar-refractivity contribution is 5.86. The molecule has 1 aromatic rings. The van der Waals surface area contributed by atoms with E-state index in [4.69, 9.17) is 20.4 Å². The fourth-order valence-corrected chi connectivity index (χ4v) is 2.84. The Morgan fingerprint density at radius 3 is 2.38 bits per heavy atom. The van der Waals surface area contributed by atoms with E-state index in [0.29, 0.717) is 13.1 Å². The predicted octanol–water partition coefficient (Wildman–Crippen LogP) is 2.03. The van der Waals surface area contributed by atoms with E-state index in [1.165, 1.54) is 0 Å². The highest BCUT2D eigenvalue weighted by atomic mass is 16.6. The van der Waals surface area contributed by atoms with Gasteiger partial charge in [-0.25, -0.2) is 4.79 Å². The monoisotopic (exact) mass is 364 g/mol. The van der Waals surface area contributed by atoms with Crippen LogP contribution >= 0.6 is 0 Å². The van der Waals surface area contributed by atoms with Gasteiger partial charge in [-0.3, -0.25) is 4.90 Å². The minimum atomic E-state index is -0.533. The van der Waals surface area contributed by atoms with Gasteiger partial charge >= 0.3 is 6.09 Å². The standard InChI is InChI=1S/C18H28N4O4/c1-18(2,3)26-17(23)21(4)13-10-22(11-13)15(16(19)20-24)12-6-8-14(25-5)9-7-12/h6-9,13,15,24H,10-11H2,1-5H3,(H2,19,20). The lowest BCUT2D eigenvalue weighted by atomic mass is 9.97.